The average Bonchev–Trinajstić information content (AvgIpc) is 2.58. The van der Waals surface area contributed by atoms with Gasteiger partial charge in [-0.3, -0.25) is 4.98 Å². The van der Waals surface area contributed by atoms with Crippen molar-refractivity contribution >= 4 is 28.1 Å². The minimum atomic E-state index is 0.626. The summed E-state index contributed by atoms with van der Waals surface area (Å²) in [5, 5.41) is 2.05. The van der Waals surface area contributed by atoms with E-state index in [9.17, 15) is 0 Å². The van der Waals surface area contributed by atoms with Gasteiger partial charge in [0.2, 0.25) is 0 Å². The number of benzene rings is 2. The number of hydrogen-bond donors (Lipinski definition) is 0. The van der Waals surface area contributed by atoms with Crippen LogP contribution < -0.4 is 0 Å². The van der Waals surface area contributed by atoms with Gasteiger partial charge in [0.1, 0.15) is 0 Å². The van der Waals surface area contributed by atoms with Gasteiger partial charge in [-0.05, 0) is 65.8 Å². The molecule has 0 amide bonds. The van der Waals surface area contributed by atoms with Crippen molar-refractivity contribution in [1.82, 2.24) is 4.98 Å². The maximum absolute atomic E-state index is 6.21. The van der Waals surface area contributed by atoms with E-state index in [1.54, 1.807) is 5.57 Å². The normalized spacial score (nSPS) is 18.8. The van der Waals surface area contributed by atoms with Gasteiger partial charge in [0, 0.05) is 28.1 Å². The molecule has 2 aromatic carbocycles. The van der Waals surface area contributed by atoms with Crippen molar-refractivity contribution < 1.29 is 0 Å². The number of allylic oxidation sites excluding steroid dienone is 2. The molecule has 1 atom stereocenters. The van der Waals surface area contributed by atoms with Gasteiger partial charge in [-0.2, -0.15) is 0 Å². The number of pyridine rings is 1. The van der Waals surface area contributed by atoms with Gasteiger partial charge in [0.25, 0.3) is 0 Å². The SMILES string of the molecule is Clc1cccc(-c2cc3c(c4cccnc24)C2=CCCCC23)c1. The molecule has 0 N–H and O–H groups in total. The molecule has 0 saturated carbocycles. The van der Waals surface area contributed by atoms with Crippen molar-refractivity contribution in [3.8, 4) is 11.1 Å². The molecule has 0 fully saturated rings. The first-order valence-corrected chi connectivity index (χ1v) is 8.59. The zero-order valence-corrected chi connectivity index (χ0v) is 13.5. The third kappa shape index (κ3) is 1.90. The molecule has 0 saturated heterocycles. The molecule has 2 aliphatic carbocycles. The quantitative estimate of drug-likeness (QED) is 0.519. The Bertz CT molecular complexity index is 971. The lowest BCUT2D eigenvalue weighted by Gasteiger charge is -2.38. The summed E-state index contributed by atoms with van der Waals surface area (Å²) in [6.07, 6.45) is 8.10. The van der Waals surface area contributed by atoms with Crippen molar-refractivity contribution in [3.63, 3.8) is 0 Å². The highest BCUT2D eigenvalue weighted by molar-refractivity contribution is 6.31. The van der Waals surface area contributed by atoms with Gasteiger partial charge in [-0.1, -0.05) is 35.9 Å². The predicted octanol–water partition coefficient (Wildman–Crippen LogP) is 6.22. The fourth-order valence-corrected chi connectivity index (χ4v) is 4.34. The monoisotopic (exact) mass is 317 g/mol. The van der Waals surface area contributed by atoms with Crippen LogP contribution in [0.2, 0.25) is 5.02 Å². The summed E-state index contributed by atoms with van der Waals surface area (Å²) in [6.45, 7) is 0. The number of nitrogens with zero attached hydrogens (tertiary/aromatic N) is 1. The van der Waals surface area contributed by atoms with Crippen LogP contribution in [0.1, 0.15) is 36.3 Å². The lowest BCUT2D eigenvalue weighted by molar-refractivity contribution is 0.645. The summed E-state index contributed by atoms with van der Waals surface area (Å²) in [5.41, 5.74) is 7.90. The van der Waals surface area contributed by atoms with Crippen molar-refractivity contribution in [2.75, 3.05) is 0 Å². The zero-order valence-electron chi connectivity index (χ0n) is 12.7. The molecule has 2 heteroatoms. The summed E-state index contributed by atoms with van der Waals surface area (Å²) in [5.74, 6) is 0.626. The topological polar surface area (TPSA) is 12.9 Å². The van der Waals surface area contributed by atoms with E-state index in [-0.39, 0.29) is 0 Å². The highest BCUT2D eigenvalue weighted by Crippen LogP contribution is 2.55. The molecule has 2 aliphatic rings. The van der Waals surface area contributed by atoms with Crippen molar-refractivity contribution in [2.24, 2.45) is 0 Å². The molecular formula is C21H16ClN. The number of fused-ring (bicyclic) bond motifs is 6. The van der Waals surface area contributed by atoms with Gasteiger partial charge < -0.3 is 0 Å². The molecule has 0 aliphatic heterocycles. The predicted molar refractivity (Wildman–Crippen MR) is 96.8 cm³/mol. The molecule has 112 valence electrons. The Kier molecular flexibility index (Phi) is 2.86. The number of halogens is 1. The minimum absolute atomic E-state index is 0.626. The fraction of sp³-hybridized carbons (Fsp3) is 0.190. The Morgan fingerprint density at radius 1 is 1.09 bits per heavy atom. The van der Waals surface area contributed by atoms with Crippen LogP contribution in [0.5, 0.6) is 0 Å². The molecule has 1 nitrogen and oxygen atoms in total. The molecular weight excluding hydrogens is 302 g/mol. The first kappa shape index (κ1) is 13.3. The molecule has 1 unspecified atom stereocenters. The van der Waals surface area contributed by atoms with E-state index in [0.29, 0.717) is 5.92 Å². The van der Waals surface area contributed by atoms with Gasteiger partial charge in [-0.15, -0.1) is 0 Å². The van der Waals surface area contributed by atoms with Crippen LogP contribution in [-0.4, -0.2) is 4.98 Å². The molecule has 1 heterocycles. The van der Waals surface area contributed by atoms with Crippen LogP contribution in [0.15, 0.2) is 54.7 Å². The van der Waals surface area contributed by atoms with Crippen molar-refractivity contribution in [2.45, 2.75) is 25.2 Å². The maximum Gasteiger partial charge on any atom is 0.0786 e. The highest BCUT2D eigenvalue weighted by Gasteiger charge is 2.35. The van der Waals surface area contributed by atoms with Crippen LogP contribution >= 0.6 is 11.6 Å². The van der Waals surface area contributed by atoms with Crippen LogP contribution in [0.25, 0.3) is 27.6 Å². The Hall–Kier alpha value is -2.12. The highest BCUT2D eigenvalue weighted by atomic mass is 35.5. The van der Waals surface area contributed by atoms with Gasteiger partial charge >= 0.3 is 0 Å². The first-order valence-electron chi connectivity index (χ1n) is 8.21. The molecule has 5 rings (SSSR count). The molecule has 0 bridgehead atoms. The van der Waals surface area contributed by atoms with Crippen LogP contribution in [0, 0.1) is 0 Å². The molecule has 23 heavy (non-hydrogen) atoms. The first-order chi connectivity index (χ1) is 11.3. The van der Waals surface area contributed by atoms with Crippen LogP contribution in [-0.2, 0) is 0 Å². The Balaban J connectivity index is 1.84. The van der Waals surface area contributed by atoms with Crippen molar-refractivity contribution in [1.29, 1.82) is 0 Å². The van der Waals surface area contributed by atoms with Gasteiger partial charge in [0.15, 0.2) is 0 Å². The number of aromatic nitrogens is 1. The van der Waals surface area contributed by atoms with Crippen LogP contribution in [0.3, 0.4) is 0 Å². The van der Waals surface area contributed by atoms with Gasteiger partial charge in [-0.25, -0.2) is 0 Å². The largest absolute Gasteiger partial charge is 0.256 e. The second-order valence-corrected chi connectivity index (χ2v) is 6.88. The standard InChI is InChI=1S/C21H16ClN/c22-14-6-3-5-13(11-14)18-12-19-15-7-1-2-8-16(15)20(19)17-9-4-10-23-21(17)18/h3-6,8-12,15H,1-2,7H2. The molecule has 0 spiro atoms. The van der Waals surface area contributed by atoms with E-state index in [2.05, 4.69) is 24.3 Å². The summed E-state index contributed by atoms with van der Waals surface area (Å²) in [6, 6.07) is 14.7. The maximum atomic E-state index is 6.21. The van der Waals surface area contributed by atoms with Gasteiger partial charge in [0.05, 0.1) is 5.52 Å². The number of rotatable bonds is 1. The number of hydrogen-bond acceptors (Lipinski definition) is 1. The van der Waals surface area contributed by atoms with E-state index < -0.39 is 0 Å². The Morgan fingerprint density at radius 3 is 2.96 bits per heavy atom. The van der Waals surface area contributed by atoms with Crippen LogP contribution in [0.4, 0.5) is 0 Å². The molecule has 3 aromatic rings. The molecule has 1 aromatic heterocycles. The summed E-state index contributed by atoms with van der Waals surface area (Å²) in [7, 11) is 0. The Morgan fingerprint density at radius 2 is 2.04 bits per heavy atom. The van der Waals surface area contributed by atoms with E-state index >= 15 is 0 Å². The van der Waals surface area contributed by atoms with E-state index in [1.807, 2.05) is 30.5 Å². The van der Waals surface area contributed by atoms with Crippen molar-refractivity contribution in [3.05, 3.63) is 70.9 Å². The third-order valence-corrected chi connectivity index (χ3v) is 5.39. The lowest BCUT2D eigenvalue weighted by atomic mass is 9.66. The minimum Gasteiger partial charge on any atom is -0.256 e. The zero-order chi connectivity index (χ0) is 15.4. The second-order valence-electron chi connectivity index (χ2n) is 6.44. The molecule has 0 radical (unpaired) electrons. The fourth-order valence-electron chi connectivity index (χ4n) is 4.15. The smallest absolute Gasteiger partial charge is 0.0786 e. The Labute approximate surface area is 140 Å². The second kappa shape index (κ2) is 4.94. The third-order valence-electron chi connectivity index (χ3n) is 5.16. The average molecular weight is 318 g/mol. The summed E-state index contributed by atoms with van der Waals surface area (Å²) in [4.78, 5) is 4.69. The van der Waals surface area contributed by atoms with E-state index in [0.717, 1.165) is 16.1 Å². The summed E-state index contributed by atoms with van der Waals surface area (Å²) >= 11 is 6.21. The van der Waals surface area contributed by atoms with E-state index in [4.69, 9.17) is 16.6 Å². The summed E-state index contributed by atoms with van der Waals surface area (Å²) < 4.78 is 0. The lowest BCUT2D eigenvalue weighted by Crippen LogP contribution is -2.19. The van der Waals surface area contributed by atoms with E-state index in [1.165, 1.54) is 41.3 Å².